The van der Waals surface area contributed by atoms with Gasteiger partial charge in [0.2, 0.25) is 0 Å². The first-order valence-corrected chi connectivity index (χ1v) is 12.3. The minimum Gasteiger partial charge on any atom is -0.460 e. The molecular formula is C27H41NO4. The van der Waals surface area contributed by atoms with Crippen molar-refractivity contribution < 1.29 is 19.0 Å². The molecule has 1 saturated heterocycles. The second-order valence-electron chi connectivity index (χ2n) is 9.97. The number of likely N-dealkylation sites (tertiary alicyclic amines) is 1. The van der Waals surface area contributed by atoms with E-state index in [4.69, 9.17) is 14.2 Å². The maximum absolute atomic E-state index is 11.8. The molecule has 1 aromatic rings. The molecule has 1 saturated carbocycles. The number of carbonyl (C=O) groups excluding carboxylic acids is 1. The molecule has 0 bridgehead atoms. The lowest BCUT2D eigenvalue weighted by atomic mass is 10.1. The summed E-state index contributed by atoms with van der Waals surface area (Å²) in [5.41, 5.74) is 0.777. The predicted molar refractivity (Wildman–Crippen MR) is 127 cm³/mol. The molecule has 1 aliphatic heterocycles. The Morgan fingerprint density at radius 2 is 1.78 bits per heavy atom. The molecule has 0 aromatic heterocycles. The van der Waals surface area contributed by atoms with Gasteiger partial charge in [-0.05, 0) is 71.5 Å². The number of hydrogen-bond donors (Lipinski definition) is 0. The summed E-state index contributed by atoms with van der Waals surface area (Å²) in [4.78, 5) is 14.5. The van der Waals surface area contributed by atoms with Crippen molar-refractivity contribution in [2.45, 2.75) is 96.2 Å². The first-order chi connectivity index (χ1) is 15.4. The Hall–Kier alpha value is -1.69. The van der Waals surface area contributed by atoms with Gasteiger partial charge in [-0.3, -0.25) is 9.69 Å². The molecular weight excluding hydrogens is 402 g/mol. The van der Waals surface area contributed by atoms with Crippen molar-refractivity contribution in [1.82, 2.24) is 4.90 Å². The fourth-order valence-corrected chi connectivity index (χ4v) is 4.67. The van der Waals surface area contributed by atoms with Crippen molar-refractivity contribution in [3.8, 4) is 0 Å². The number of carbonyl (C=O) groups is 1. The van der Waals surface area contributed by atoms with Gasteiger partial charge in [0.15, 0.2) is 0 Å². The van der Waals surface area contributed by atoms with E-state index in [1.165, 1.54) is 37.9 Å². The Morgan fingerprint density at radius 1 is 1.03 bits per heavy atom. The highest BCUT2D eigenvalue weighted by molar-refractivity contribution is 5.69. The molecule has 32 heavy (non-hydrogen) atoms. The number of piperidine rings is 1. The molecule has 0 spiro atoms. The molecule has 178 valence electrons. The fourth-order valence-electron chi connectivity index (χ4n) is 4.67. The van der Waals surface area contributed by atoms with Gasteiger partial charge < -0.3 is 14.2 Å². The molecule has 1 heterocycles. The van der Waals surface area contributed by atoms with Gasteiger partial charge in [0.25, 0.3) is 0 Å². The molecule has 5 heteroatoms. The molecule has 0 unspecified atom stereocenters. The van der Waals surface area contributed by atoms with Crippen LogP contribution in [0.4, 0.5) is 0 Å². The van der Waals surface area contributed by atoms with Gasteiger partial charge in [0.05, 0.1) is 25.4 Å². The first kappa shape index (κ1) is 24.9. The van der Waals surface area contributed by atoms with E-state index in [0.717, 1.165) is 12.8 Å². The molecule has 5 nitrogen and oxygen atoms in total. The van der Waals surface area contributed by atoms with E-state index in [-0.39, 0.29) is 18.2 Å². The molecule has 0 radical (unpaired) electrons. The maximum atomic E-state index is 11.8. The molecule has 2 aliphatic rings. The van der Waals surface area contributed by atoms with Crippen LogP contribution in [0.2, 0.25) is 0 Å². The second kappa shape index (κ2) is 12.5. The van der Waals surface area contributed by atoms with Crippen LogP contribution in [0.3, 0.4) is 0 Å². The van der Waals surface area contributed by atoms with Crippen LogP contribution in [-0.4, -0.2) is 54.4 Å². The normalized spacial score (nSPS) is 24.8. The monoisotopic (exact) mass is 443 g/mol. The summed E-state index contributed by atoms with van der Waals surface area (Å²) in [6, 6.07) is 10.8. The maximum Gasteiger partial charge on any atom is 0.306 e. The first-order valence-electron chi connectivity index (χ1n) is 12.3. The van der Waals surface area contributed by atoms with Gasteiger partial charge >= 0.3 is 5.97 Å². The van der Waals surface area contributed by atoms with Gasteiger partial charge in [-0.2, -0.15) is 0 Å². The molecule has 0 N–H and O–H groups in total. The largest absolute Gasteiger partial charge is 0.460 e. The third kappa shape index (κ3) is 8.34. The minimum atomic E-state index is -0.426. The summed E-state index contributed by atoms with van der Waals surface area (Å²) in [6.45, 7) is 9.20. The van der Waals surface area contributed by atoms with E-state index in [1.54, 1.807) is 0 Å². The number of rotatable bonds is 10. The van der Waals surface area contributed by atoms with E-state index in [2.05, 4.69) is 29.2 Å². The van der Waals surface area contributed by atoms with E-state index >= 15 is 0 Å². The SMILES string of the molecule is CC(C)(C)OC(=O)CCC=CCO[C@H]1[C@@H](OCc2ccccc2)CC[C@@H]1N1CCCCC1. The predicted octanol–water partition coefficient (Wildman–Crippen LogP) is 5.28. The average molecular weight is 444 g/mol. The number of esters is 1. The molecule has 3 atom stereocenters. The third-order valence-electron chi connectivity index (χ3n) is 6.15. The van der Waals surface area contributed by atoms with Crippen molar-refractivity contribution in [3.63, 3.8) is 0 Å². The van der Waals surface area contributed by atoms with Crippen LogP contribution in [0.1, 0.15) is 71.3 Å². The zero-order valence-corrected chi connectivity index (χ0v) is 20.1. The van der Waals surface area contributed by atoms with E-state index < -0.39 is 5.60 Å². The number of allylic oxidation sites excluding steroid dienone is 1. The van der Waals surface area contributed by atoms with Crippen molar-refractivity contribution in [1.29, 1.82) is 0 Å². The van der Waals surface area contributed by atoms with E-state index in [9.17, 15) is 4.79 Å². The summed E-state index contributed by atoms with van der Waals surface area (Å²) in [7, 11) is 0. The fraction of sp³-hybridized carbons (Fsp3) is 0.667. The zero-order valence-electron chi connectivity index (χ0n) is 20.1. The van der Waals surface area contributed by atoms with E-state index in [0.29, 0.717) is 32.1 Å². The number of hydrogen-bond acceptors (Lipinski definition) is 5. The molecule has 0 amide bonds. The minimum absolute atomic E-state index is 0.0901. The van der Waals surface area contributed by atoms with Gasteiger partial charge in [-0.1, -0.05) is 48.9 Å². The Kier molecular flexibility index (Phi) is 9.76. The van der Waals surface area contributed by atoms with Crippen molar-refractivity contribution in [2.75, 3.05) is 19.7 Å². The number of nitrogens with zero attached hydrogens (tertiary/aromatic N) is 1. The van der Waals surface area contributed by atoms with Crippen molar-refractivity contribution >= 4 is 5.97 Å². The summed E-state index contributed by atoms with van der Waals surface area (Å²) in [5.74, 6) is -0.154. The summed E-state index contributed by atoms with van der Waals surface area (Å²) in [6.07, 6.45) is 11.4. The van der Waals surface area contributed by atoms with Crippen LogP contribution >= 0.6 is 0 Å². The Balaban J connectivity index is 1.49. The molecule has 3 rings (SSSR count). The molecule has 1 aromatic carbocycles. The van der Waals surface area contributed by atoms with Gasteiger partial charge in [-0.25, -0.2) is 0 Å². The van der Waals surface area contributed by atoms with Crippen molar-refractivity contribution in [3.05, 3.63) is 48.0 Å². The molecule has 2 fully saturated rings. The Bertz CT molecular complexity index is 706. The van der Waals surface area contributed by atoms with E-state index in [1.807, 2.05) is 39.0 Å². The molecule has 1 aliphatic carbocycles. The lowest BCUT2D eigenvalue weighted by molar-refractivity contribution is -0.154. The Labute approximate surface area is 194 Å². The standard InChI is InChI=1S/C27H41NO4/c1-27(2,3)32-25(29)15-9-5-12-20-30-26-23(28-18-10-6-11-19-28)16-17-24(26)31-21-22-13-7-4-8-14-22/h4-5,7-8,12-14,23-24,26H,6,9-11,15-21H2,1-3H3/t23-,24-,26+/m0/s1. The van der Waals surface area contributed by atoms with Crippen LogP contribution in [0.25, 0.3) is 0 Å². The van der Waals surface area contributed by atoms with Crippen LogP contribution in [-0.2, 0) is 25.6 Å². The highest BCUT2D eigenvalue weighted by atomic mass is 16.6. The lowest BCUT2D eigenvalue weighted by Crippen LogP contribution is -2.47. The average Bonchev–Trinajstić information content (AvgIpc) is 3.17. The summed E-state index contributed by atoms with van der Waals surface area (Å²) < 4.78 is 18.1. The number of ether oxygens (including phenoxy) is 3. The third-order valence-corrected chi connectivity index (χ3v) is 6.15. The smallest absolute Gasteiger partial charge is 0.306 e. The number of benzene rings is 1. The summed E-state index contributed by atoms with van der Waals surface area (Å²) in [5, 5.41) is 0. The quantitative estimate of drug-likeness (QED) is 0.364. The highest BCUT2D eigenvalue weighted by Crippen LogP contribution is 2.32. The zero-order chi connectivity index (χ0) is 22.8. The summed E-state index contributed by atoms with van der Waals surface area (Å²) >= 11 is 0. The lowest BCUT2D eigenvalue weighted by Gasteiger charge is -2.36. The van der Waals surface area contributed by atoms with Gasteiger partial charge in [-0.15, -0.1) is 0 Å². The van der Waals surface area contributed by atoms with Crippen LogP contribution < -0.4 is 0 Å². The van der Waals surface area contributed by atoms with Crippen LogP contribution in [0.5, 0.6) is 0 Å². The Morgan fingerprint density at radius 3 is 2.50 bits per heavy atom. The van der Waals surface area contributed by atoms with Crippen LogP contribution in [0.15, 0.2) is 42.5 Å². The van der Waals surface area contributed by atoms with Gasteiger partial charge in [0, 0.05) is 12.5 Å². The highest BCUT2D eigenvalue weighted by Gasteiger charge is 2.41. The van der Waals surface area contributed by atoms with Crippen LogP contribution in [0, 0.1) is 0 Å². The van der Waals surface area contributed by atoms with Gasteiger partial charge in [0.1, 0.15) is 5.60 Å². The second-order valence-corrected chi connectivity index (χ2v) is 9.97. The van der Waals surface area contributed by atoms with Crippen molar-refractivity contribution in [2.24, 2.45) is 0 Å². The topological polar surface area (TPSA) is 48.0 Å².